The summed E-state index contributed by atoms with van der Waals surface area (Å²) in [6, 6.07) is -0.0222. The van der Waals surface area contributed by atoms with Gasteiger partial charge in [-0.15, -0.1) is 0 Å². The number of nitrogens with two attached hydrogens (primary N) is 1. The van der Waals surface area contributed by atoms with E-state index in [1.54, 1.807) is 0 Å². The minimum Gasteiger partial charge on any atom is -0.352 e. The molecule has 1 rings (SSSR count). The van der Waals surface area contributed by atoms with Crippen molar-refractivity contribution in [1.82, 2.24) is 5.32 Å². The number of unbranched alkanes of at least 4 members (excludes halogenated alkanes) is 1. The average Bonchev–Trinajstić information content (AvgIpc) is 2.27. The van der Waals surface area contributed by atoms with Crippen LogP contribution in [0.3, 0.4) is 0 Å². The van der Waals surface area contributed by atoms with E-state index in [4.69, 9.17) is 5.73 Å². The first kappa shape index (κ1) is 12.2. The van der Waals surface area contributed by atoms with Gasteiger partial charge < -0.3 is 11.1 Å². The van der Waals surface area contributed by atoms with E-state index in [0.29, 0.717) is 6.04 Å². The van der Waals surface area contributed by atoms with Crippen molar-refractivity contribution in [2.45, 2.75) is 57.5 Å². The van der Waals surface area contributed by atoms with Gasteiger partial charge in [0, 0.05) is 6.04 Å². The predicted octanol–water partition coefficient (Wildman–Crippen LogP) is 1.73. The number of allylic oxidation sites excluding steroid dienone is 1. The topological polar surface area (TPSA) is 55.1 Å². The molecule has 1 aliphatic rings. The van der Waals surface area contributed by atoms with E-state index in [9.17, 15) is 4.79 Å². The molecule has 0 radical (unpaired) electrons. The van der Waals surface area contributed by atoms with Gasteiger partial charge in [0.05, 0.1) is 6.04 Å². The Bertz CT molecular complexity index is 226. The van der Waals surface area contributed by atoms with Crippen LogP contribution >= 0.6 is 0 Å². The first-order chi connectivity index (χ1) is 7.24. The predicted molar refractivity (Wildman–Crippen MR) is 62.4 cm³/mol. The smallest absolute Gasteiger partial charge is 0.237 e. The zero-order chi connectivity index (χ0) is 11.1. The van der Waals surface area contributed by atoms with Gasteiger partial charge in [-0.2, -0.15) is 0 Å². The monoisotopic (exact) mass is 210 g/mol. The summed E-state index contributed by atoms with van der Waals surface area (Å²) in [6.07, 6.45) is 10.3. The van der Waals surface area contributed by atoms with E-state index >= 15 is 0 Å². The van der Waals surface area contributed by atoms with Crippen molar-refractivity contribution < 1.29 is 4.79 Å². The van der Waals surface area contributed by atoms with Crippen LogP contribution in [-0.4, -0.2) is 18.0 Å². The lowest BCUT2D eigenvalue weighted by atomic mass is 10.0. The van der Waals surface area contributed by atoms with E-state index in [1.165, 1.54) is 0 Å². The van der Waals surface area contributed by atoms with Crippen LogP contribution in [0, 0.1) is 0 Å². The maximum Gasteiger partial charge on any atom is 0.237 e. The molecular weight excluding hydrogens is 188 g/mol. The van der Waals surface area contributed by atoms with Gasteiger partial charge in [0.2, 0.25) is 5.91 Å². The van der Waals surface area contributed by atoms with Crippen molar-refractivity contribution in [2.75, 3.05) is 0 Å². The standard InChI is InChI=1S/C12H22N2O/c1-2-3-9-11(13)12(15)14-10-7-5-4-6-8-10/h4-5,10-11H,2-3,6-9,13H2,1H3,(H,14,15). The molecule has 0 fully saturated rings. The Labute approximate surface area is 92.1 Å². The van der Waals surface area contributed by atoms with Gasteiger partial charge in [-0.25, -0.2) is 0 Å². The summed E-state index contributed by atoms with van der Waals surface area (Å²) >= 11 is 0. The second-order valence-electron chi connectivity index (χ2n) is 4.24. The van der Waals surface area contributed by atoms with Crippen molar-refractivity contribution in [2.24, 2.45) is 5.73 Å². The number of amides is 1. The fourth-order valence-corrected chi connectivity index (χ4v) is 1.79. The molecule has 3 heteroatoms. The lowest BCUT2D eigenvalue weighted by Crippen LogP contribution is -2.45. The maximum atomic E-state index is 11.7. The zero-order valence-corrected chi connectivity index (χ0v) is 9.54. The first-order valence-corrected chi connectivity index (χ1v) is 5.95. The van der Waals surface area contributed by atoms with Crippen LogP contribution in [0.15, 0.2) is 12.2 Å². The summed E-state index contributed by atoms with van der Waals surface area (Å²) < 4.78 is 0. The van der Waals surface area contributed by atoms with Gasteiger partial charge in [0.15, 0.2) is 0 Å². The first-order valence-electron chi connectivity index (χ1n) is 5.95. The highest BCUT2D eigenvalue weighted by Crippen LogP contribution is 2.10. The number of nitrogens with one attached hydrogen (secondary N) is 1. The number of hydrogen-bond donors (Lipinski definition) is 2. The Kier molecular flexibility index (Phi) is 5.40. The van der Waals surface area contributed by atoms with Crippen molar-refractivity contribution in [3.05, 3.63) is 12.2 Å². The van der Waals surface area contributed by atoms with Crippen LogP contribution in [0.1, 0.15) is 45.4 Å². The minimum absolute atomic E-state index is 0.0174. The molecule has 0 spiro atoms. The van der Waals surface area contributed by atoms with Gasteiger partial charge >= 0.3 is 0 Å². The van der Waals surface area contributed by atoms with Crippen molar-refractivity contribution in [3.63, 3.8) is 0 Å². The van der Waals surface area contributed by atoms with Crippen LogP contribution in [-0.2, 0) is 4.79 Å². The third-order valence-corrected chi connectivity index (χ3v) is 2.82. The number of rotatable bonds is 5. The molecule has 1 amide bonds. The molecule has 0 saturated carbocycles. The Morgan fingerprint density at radius 3 is 3.00 bits per heavy atom. The van der Waals surface area contributed by atoms with Gasteiger partial charge in [-0.1, -0.05) is 31.9 Å². The van der Waals surface area contributed by atoms with Gasteiger partial charge in [-0.3, -0.25) is 4.79 Å². The fourth-order valence-electron chi connectivity index (χ4n) is 1.79. The van der Waals surface area contributed by atoms with E-state index < -0.39 is 0 Å². The molecule has 0 saturated heterocycles. The Hall–Kier alpha value is -0.830. The lowest BCUT2D eigenvalue weighted by molar-refractivity contribution is -0.123. The van der Waals surface area contributed by atoms with Crippen molar-refractivity contribution in [3.8, 4) is 0 Å². The Morgan fingerprint density at radius 2 is 2.40 bits per heavy atom. The summed E-state index contributed by atoms with van der Waals surface area (Å²) in [5.41, 5.74) is 5.79. The van der Waals surface area contributed by atoms with Crippen molar-refractivity contribution in [1.29, 1.82) is 0 Å². The van der Waals surface area contributed by atoms with Crippen LogP contribution in [0.2, 0.25) is 0 Å². The maximum absolute atomic E-state index is 11.7. The summed E-state index contributed by atoms with van der Waals surface area (Å²) in [5.74, 6) is 0.0174. The van der Waals surface area contributed by atoms with E-state index in [2.05, 4.69) is 24.4 Å². The fraction of sp³-hybridized carbons (Fsp3) is 0.750. The van der Waals surface area contributed by atoms with E-state index in [-0.39, 0.29) is 11.9 Å². The minimum atomic E-state index is -0.323. The molecule has 0 heterocycles. The van der Waals surface area contributed by atoms with Gasteiger partial charge in [0.1, 0.15) is 0 Å². The molecule has 86 valence electrons. The third-order valence-electron chi connectivity index (χ3n) is 2.82. The Balaban J connectivity index is 2.24. The van der Waals surface area contributed by atoms with Crippen LogP contribution in [0.25, 0.3) is 0 Å². The molecule has 0 bridgehead atoms. The van der Waals surface area contributed by atoms with E-state index in [0.717, 1.165) is 38.5 Å². The third kappa shape index (κ3) is 4.47. The molecule has 0 aromatic rings. The molecular formula is C12H22N2O. The molecule has 0 aromatic carbocycles. The van der Waals surface area contributed by atoms with Gasteiger partial charge in [-0.05, 0) is 25.7 Å². The molecule has 0 aromatic heterocycles. The van der Waals surface area contributed by atoms with Gasteiger partial charge in [0.25, 0.3) is 0 Å². The molecule has 2 atom stereocenters. The molecule has 1 aliphatic carbocycles. The number of hydrogen-bond acceptors (Lipinski definition) is 2. The largest absolute Gasteiger partial charge is 0.352 e. The molecule has 15 heavy (non-hydrogen) atoms. The normalized spacial score (nSPS) is 22.4. The summed E-state index contributed by atoms with van der Waals surface area (Å²) in [4.78, 5) is 11.7. The Morgan fingerprint density at radius 1 is 1.60 bits per heavy atom. The quantitative estimate of drug-likeness (QED) is 0.679. The number of carbonyl (C=O) groups is 1. The highest BCUT2D eigenvalue weighted by molar-refractivity contribution is 5.81. The molecule has 3 nitrogen and oxygen atoms in total. The van der Waals surface area contributed by atoms with Crippen LogP contribution in [0.5, 0.6) is 0 Å². The average molecular weight is 210 g/mol. The van der Waals surface area contributed by atoms with Crippen molar-refractivity contribution >= 4 is 5.91 Å². The molecule has 2 unspecified atom stereocenters. The summed E-state index contributed by atoms with van der Waals surface area (Å²) in [6.45, 7) is 2.11. The summed E-state index contributed by atoms with van der Waals surface area (Å²) in [5, 5.41) is 3.01. The lowest BCUT2D eigenvalue weighted by Gasteiger charge is -2.21. The van der Waals surface area contributed by atoms with Crippen LogP contribution < -0.4 is 11.1 Å². The molecule has 0 aliphatic heterocycles. The van der Waals surface area contributed by atoms with Crippen LogP contribution in [0.4, 0.5) is 0 Å². The highest BCUT2D eigenvalue weighted by atomic mass is 16.2. The second-order valence-corrected chi connectivity index (χ2v) is 4.24. The highest BCUT2D eigenvalue weighted by Gasteiger charge is 2.17. The second kappa shape index (κ2) is 6.62. The number of carbonyl (C=O) groups excluding carboxylic acids is 1. The SMILES string of the molecule is CCCCC(N)C(=O)NC1CC=CCC1. The van der Waals surface area contributed by atoms with E-state index in [1.807, 2.05) is 0 Å². The summed E-state index contributed by atoms with van der Waals surface area (Å²) in [7, 11) is 0. The molecule has 3 N–H and O–H groups in total. The zero-order valence-electron chi connectivity index (χ0n) is 9.54.